The van der Waals surface area contributed by atoms with Crippen molar-refractivity contribution in [3.8, 4) is 5.75 Å². The Bertz CT molecular complexity index is 676. The van der Waals surface area contributed by atoms with Gasteiger partial charge in [0, 0.05) is 43.9 Å². The highest BCUT2D eigenvalue weighted by Crippen LogP contribution is 2.22. The van der Waals surface area contributed by atoms with Gasteiger partial charge in [-0.05, 0) is 42.8 Å². The molecule has 1 aromatic heterocycles. The maximum absolute atomic E-state index is 10.3. The fourth-order valence-corrected chi connectivity index (χ4v) is 3.24. The molecular weight excluding hydrogens is 338 g/mol. The Labute approximate surface area is 153 Å². The average Bonchev–Trinajstić information content (AvgIpc) is 2.62. The molecular formula is C19H24ClN3O2. The van der Waals surface area contributed by atoms with Crippen LogP contribution < -0.4 is 9.64 Å². The minimum atomic E-state index is -0.517. The highest BCUT2D eigenvalue weighted by atomic mass is 35.5. The van der Waals surface area contributed by atoms with E-state index in [-0.39, 0.29) is 6.61 Å². The van der Waals surface area contributed by atoms with Crippen LogP contribution in [-0.4, -0.2) is 60.4 Å². The third-order valence-corrected chi connectivity index (χ3v) is 4.62. The molecule has 1 saturated heterocycles. The van der Waals surface area contributed by atoms with Crippen molar-refractivity contribution in [3.05, 3.63) is 53.2 Å². The summed E-state index contributed by atoms with van der Waals surface area (Å²) in [4.78, 5) is 8.93. The summed E-state index contributed by atoms with van der Waals surface area (Å²) in [6.45, 7) is 6.50. The van der Waals surface area contributed by atoms with Crippen molar-refractivity contribution in [1.29, 1.82) is 0 Å². The van der Waals surface area contributed by atoms with E-state index in [1.165, 1.54) is 0 Å². The second-order valence-corrected chi connectivity index (χ2v) is 6.79. The largest absolute Gasteiger partial charge is 0.491 e. The van der Waals surface area contributed by atoms with Gasteiger partial charge in [0.05, 0.1) is 0 Å². The van der Waals surface area contributed by atoms with E-state index in [1.807, 2.05) is 43.5 Å². The molecule has 134 valence electrons. The summed E-state index contributed by atoms with van der Waals surface area (Å²) in [5.41, 5.74) is 0.976. The molecule has 2 aromatic rings. The molecule has 1 aliphatic rings. The Balaban J connectivity index is 1.42. The lowest BCUT2D eigenvalue weighted by molar-refractivity contribution is 0.0660. The van der Waals surface area contributed by atoms with Crippen LogP contribution in [0.4, 0.5) is 5.82 Å². The van der Waals surface area contributed by atoms with Gasteiger partial charge in [0.25, 0.3) is 0 Å². The number of hydrogen-bond acceptors (Lipinski definition) is 5. The van der Waals surface area contributed by atoms with Crippen LogP contribution in [0.5, 0.6) is 5.75 Å². The van der Waals surface area contributed by atoms with Gasteiger partial charge in [0.1, 0.15) is 24.3 Å². The smallest absolute Gasteiger partial charge is 0.128 e. The normalized spacial score (nSPS) is 16.7. The van der Waals surface area contributed by atoms with Gasteiger partial charge in [-0.25, -0.2) is 4.98 Å². The van der Waals surface area contributed by atoms with Crippen molar-refractivity contribution < 1.29 is 9.84 Å². The number of aryl methyl sites for hydroxylation is 1. The Hall–Kier alpha value is -1.82. The van der Waals surface area contributed by atoms with E-state index in [0.29, 0.717) is 11.6 Å². The first-order chi connectivity index (χ1) is 12.1. The fourth-order valence-electron chi connectivity index (χ4n) is 3.01. The molecule has 0 spiro atoms. The van der Waals surface area contributed by atoms with Gasteiger partial charge >= 0.3 is 0 Å². The maximum Gasteiger partial charge on any atom is 0.128 e. The summed E-state index contributed by atoms with van der Waals surface area (Å²) in [6.07, 6.45) is 1.30. The van der Waals surface area contributed by atoms with Crippen LogP contribution in [0.1, 0.15) is 5.56 Å². The molecule has 1 N–H and O–H groups in total. The van der Waals surface area contributed by atoms with Gasteiger partial charge in [-0.2, -0.15) is 0 Å². The molecule has 3 rings (SSSR count). The molecule has 0 bridgehead atoms. The minimum Gasteiger partial charge on any atom is -0.491 e. The van der Waals surface area contributed by atoms with E-state index >= 15 is 0 Å². The van der Waals surface area contributed by atoms with Gasteiger partial charge in [0.15, 0.2) is 0 Å². The Morgan fingerprint density at radius 2 is 2.00 bits per heavy atom. The lowest BCUT2D eigenvalue weighted by atomic mass is 10.2. The van der Waals surface area contributed by atoms with Crippen LogP contribution in [0.25, 0.3) is 0 Å². The predicted octanol–water partition coefficient (Wildman–Crippen LogP) is 2.61. The van der Waals surface area contributed by atoms with Crippen molar-refractivity contribution in [1.82, 2.24) is 9.88 Å². The molecule has 5 nitrogen and oxygen atoms in total. The zero-order valence-corrected chi connectivity index (χ0v) is 15.2. The molecule has 0 radical (unpaired) electrons. The topological polar surface area (TPSA) is 48.8 Å². The van der Waals surface area contributed by atoms with Crippen LogP contribution >= 0.6 is 11.6 Å². The van der Waals surface area contributed by atoms with E-state index in [4.69, 9.17) is 16.3 Å². The summed E-state index contributed by atoms with van der Waals surface area (Å²) in [5.74, 6) is 1.78. The van der Waals surface area contributed by atoms with Crippen LogP contribution in [0.3, 0.4) is 0 Å². The average molecular weight is 362 g/mol. The minimum absolute atomic E-state index is 0.281. The summed E-state index contributed by atoms with van der Waals surface area (Å²) in [5, 5.41) is 11.0. The first kappa shape index (κ1) is 18.0. The number of rotatable bonds is 6. The number of nitrogens with zero attached hydrogens (tertiary/aromatic N) is 3. The van der Waals surface area contributed by atoms with Gasteiger partial charge < -0.3 is 14.7 Å². The number of piperazine rings is 1. The number of β-amino-alcohol motifs (C(OH)–C–C–N with tert-alkyl or cyclic N) is 1. The molecule has 1 atom stereocenters. The number of ether oxygens (including phenoxy) is 1. The number of hydrogen-bond donors (Lipinski definition) is 1. The highest BCUT2D eigenvalue weighted by Gasteiger charge is 2.20. The molecule has 1 aliphatic heterocycles. The van der Waals surface area contributed by atoms with Crippen LogP contribution in [-0.2, 0) is 0 Å². The molecule has 25 heavy (non-hydrogen) atoms. The lowest BCUT2D eigenvalue weighted by Gasteiger charge is -2.36. The third-order valence-electron chi connectivity index (χ3n) is 4.38. The van der Waals surface area contributed by atoms with Crippen molar-refractivity contribution in [2.75, 3.05) is 44.2 Å². The number of aliphatic hydroxyl groups excluding tert-OH is 1. The zero-order valence-electron chi connectivity index (χ0n) is 14.4. The van der Waals surface area contributed by atoms with Crippen molar-refractivity contribution >= 4 is 17.4 Å². The first-order valence-corrected chi connectivity index (χ1v) is 8.95. The van der Waals surface area contributed by atoms with E-state index in [9.17, 15) is 5.11 Å². The number of aliphatic hydroxyl groups is 1. The molecule has 0 saturated carbocycles. The SMILES string of the molecule is Cc1cc(Cl)ccc1OC[C@H](O)CN1CCN(c2ccccn2)CC1. The van der Waals surface area contributed by atoms with Crippen molar-refractivity contribution in [3.63, 3.8) is 0 Å². The van der Waals surface area contributed by atoms with Gasteiger partial charge in [0.2, 0.25) is 0 Å². The van der Waals surface area contributed by atoms with E-state index in [1.54, 1.807) is 6.07 Å². The number of anilines is 1. The molecule has 2 heterocycles. The molecule has 0 aliphatic carbocycles. The second-order valence-electron chi connectivity index (χ2n) is 6.35. The van der Waals surface area contributed by atoms with E-state index < -0.39 is 6.10 Å². The Kier molecular flexibility index (Phi) is 6.13. The number of benzene rings is 1. The second kappa shape index (κ2) is 8.52. The number of halogens is 1. The summed E-state index contributed by atoms with van der Waals surface area (Å²) in [7, 11) is 0. The fraction of sp³-hybridized carbons (Fsp3) is 0.421. The van der Waals surface area contributed by atoms with Gasteiger partial charge in [-0.15, -0.1) is 0 Å². The predicted molar refractivity (Wildman–Crippen MR) is 101 cm³/mol. The third kappa shape index (κ3) is 5.08. The van der Waals surface area contributed by atoms with Crippen LogP contribution in [0.2, 0.25) is 5.02 Å². The van der Waals surface area contributed by atoms with Gasteiger partial charge in [-0.3, -0.25) is 4.90 Å². The standard InChI is InChI=1S/C19H24ClN3O2/c1-15-12-16(20)5-6-18(15)25-14-17(24)13-22-8-10-23(11-9-22)19-4-2-3-7-21-19/h2-7,12,17,24H,8-11,13-14H2,1H3/t17-/m1/s1. The molecule has 1 aromatic carbocycles. The summed E-state index contributed by atoms with van der Waals surface area (Å²) in [6, 6.07) is 11.5. The van der Waals surface area contributed by atoms with Crippen LogP contribution in [0.15, 0.2) is 42.6 Å². The summed E-state index contributed by atoms with van der Waals surface area (Å²) >= 11 is 5.94. The van der Waals surface area contributed by atoms with Crippen molar-refractivity contribution in [2.24, 2.45) is 0 Å². The molecule has 1 fully saturated rings. The van der Waals surface area contributed by atoms with Crippen LogP contribution in [0, 0.1) is 6.92 Å². The molecule has 6 heteroatoms. The quantitative estimate of drug-likeness (QED) is 0.857. The summed E-state index contributed by atoms with van der Waals surface area (Å²) < 4.78 is 5.73. The monoisotopic (exact) mass is 361 g/mol. The Morgan fingerprint density at radius 1 is 1.20 bits per heavy atom. The molecule has 0 amide bonds. The highest BCUT2D eigenvalue weighted by molar-refractivity contribution is 6.30. The lowest BCUT2D eigenvalue weighted by Crippen LogP contribution is -2.49. The first-order valence-electron chi connectivity index (χ1n) is 8.57. The van der Waals surface area contributed by atoms with Gasteiger partial charge in [-0.1, -0.05) is 17.7 Å². The number of aromatic nitrogens is 1. The van der Waals surface area contributed by atoms with E-state index in [2.05, 4.69) is 14.8 Å². The van der Waals surface area contributed by atoms with Crippen molar-refractivity contribution in [2.45, 2.75) is 13.0 Å². The Morgan fingerprint density at radius 3 is 2.68 bits per heavy atom. The molecule has 0 unspecified atom stereocenters. The van der Waals surface area contributed by atoms with E-state index in [0.717, 1.165) is 43.3 Å². The maximum atomic E-state index is 10.3. The zero-order chi connectivity index (χ0) is 17.6. The number of pyridine rings is 1.